The van der Waals surface area contributed by atoms with Crippen molar-refractivity contribution in [3.63, 3.8) is 0 Å². The van der Waals surface area contributed by atoms with Crippen LogP contribution in [0.5, 0.6) is 5.75 Å². The Bertz CT molecular complexity index is 1270. The van der Waals surface area contributed by atoms with Gasteiger partial charge >= 0.3 is 19.3 Å². The van der Waals surface area contributed by atoms with E-state index in [1.54, 1.807) is 32.0 Å². The Morgan fingerprint density at radius 3 is 2.51 bits per heavy atom. The van der Waals surface area contributed by atoms with Gasteiger partial charge in [0, 0.05) is 0 Å². The molecule has 1 aliphatic heterocycles. The number of aliphatic hydroxyl groups is 1. The molecule has 15 heteroatoms. The second-order valence-electron chi connectivity index (χ2n) is 9.70. The van der Waals surface area contributed by atoms with Gasteiger partial charge in [-0.1, -0.05) is 25.1 Å². The number of nitrogen functional groups attached to an aromatic ring is 1. The number of aromatic nitrogens is 2. The summed E-state index contributed by atoms with van der Waals surface area (Å²) in [5.41, 5.74) is 8.09. The number of anilines is 1. The Labute approximate surface area is 223 Å². The molecule has 1 aliphatic rings. The van der Waals surface area contributed by atoms with Crippen molar-refractivity contribution in [2.24, 2.45) is 11.7 Å². The number of alkyl halides is 1. The Hall–Kier alpha value is -2.90. The van der Waals surface area contributed by atoms with E-state index in [0.717, 1.165) is 0 Å². The highest BCUT2D eigenvalue weighted by molar-refractivity contribution is 7.54. The van der Waals surface area contributed by atoms with Crippen LogP contribution in [0, 0.1) is 11.7 Å². The molecular formula is C24H33F2N4O8P. The quantitative estimate of drug-likeness (QED) is 0.265. The summed E-state index contributed by atoms with van der Waals surface area (Å²) in [5, 5.41) is 11.0. The first kappa shape index (κ1) is 30.6. The second-order valence-corrected chi connectivity index (χ2v) is 11.7. The number of hydrogen-bond acceptors (Lipinski definition) is 11. The number of para-hydroxylation sites is 1. The van der Waals surface area contributed by atoms with Gasteiger partial charge in [-0.2, -0.15) is 4.98 Å². The maximum absolute atomic E-state index is 14.2. The Kier molecular flexibility index (Phi) is 9.50. The van der Waals surface area contributed by atoms with Crippen molar-refractivity contribution in [3.8, 4) is 5.75 Å². The zero-order valence-electron chi connectivity index (χ0n) is 21.9. The molecule has 0 aliphatic carbocycles. The van der Waals surface area contributed by atoms with Crippen LogP contribution in [0.4, 0.5) is 14.6 Å². The third-order valence-electron chi connectivity index (χ3n) is 6.05. The zero-order chi connectivity index (χ0) is 29.1. The van der Waals surface area contributed by atoms with E-state index in [1.807, 2.05) is 0 Å². The van der Waals surface area contributed by atoms with Crippen LogP contribution in [0.1, 0.15) is 33.9 Å². The maximum atomic E-state index is 14.2. The van der Waals surface area contributed by atoms with Gasteiger partial charge in [-0.3, -0.25) is 13.9 Å². The van der Waals surface area contributed by atoms with E-state index < -0.39 is 85.8 Å². The highest BCUT2D eigenvalue weighted by Gasteiger charge is 2.58. The number of carbonyl (C=O) groups is 1. The van der Waals surface area contributed by atoms with Gasteiger partial charge in [-0.25, -0.2) is 18.1 Å². The van der Waals surface area contributed by atoms with E-state index in [-0.39, 0.29) is 5.75 Å². The number of nitrogens with two attached hydrogens (primary N) is 2. The van der Waals surface area contributed by atoms with E-state index in [1.165, 1.54) is 26.0 Å². The predicted molar refractivity (Wildman–Crippen MR) is 136 cm³/mol. The van der Waals surface area contributed by atoms with Crippen LogP contribution in [0.3, 0.4) is 0 Å². The van der Waals surface area contributed by atoms with Crippen molar-refractivity contribution >= 4 is 19.4 Å². The minimum absolute atomic E-state index is 0.176. The normalized spacial score (nSPS) is 26.1. The number of esters is 1. The average Bonchev–Trinajstić information content (AvgIpc) is 3.12. The molecule has 0 bridgehead atoms. The van der Waals surface area contributed by atoms with Crippen LogP contribution in [0.25, 0.3) is 0 Å². The van der Waals surface area contributed by atoms with E-state index >= 15 is 0 Å². The molecule has 2 heterocycles. The largest absolute Gasteiger partial charge is 0.463 e. The summed E-state index contributed by atoms with van der Waals surface area (Å²) >= 11 is 0. The third-order valence-corrected chi connectivity index (χ3v) is 8.19. The van der Waals surface area contributed by atoms with Crippen molar-refractivity contribution < 1.29 is 41.8 Å². The summed E-state index contributed by atoms with van der Waals surface area (Å²) < 4.78 is 65.2. The first-order valence-corrected chi connectivity index (χ1v) is 13.9. The first-order chi connectivity index (χ1) is 18.2. The van der Waals surface area contributed by atoms with Gasteiger partial charge < -0.3 is 30.6 Å². The Morgan fingerprint density at radius 2 is 1.92 bits per heavy atom. The number of ether oxygens (including phenoxy) is 2. The van der Waals surface area contributed by atoms with Crippen LogP contribution in [-0.2, 0) is 23.4 Å². The van der Waals surface area contributed by atoms with Gasteiger partial charge in [0.2, 0.25) is 0 Å². The molecule has 12 nitrogen and oxygen atoms in total. The number of benzene rings is 1. The lowest BCUT2D eigenvalue weighted by Gasteiger charge is -2.31. The van der Waals surface area contributed by atoms with Crippen LogP contribution in [0.2, 0.25) is 0 Å². The highest BCUT2D eigenvalue weighted by atomic mass is 31.2. The lowest BCUT2D eigenvalue weighted by atomic mass is 9.91. The number of aliphatic hydroxyl groups excluding tert-OH is 1. The van der Waals surface area contributed by atoms with Gasteiger partial charge in [0.25, 0.3) is 0 Å². The maximum Gasteiger partial charge on any atom is 0.380 e. The number of halogens is 2. The molecule has 1 unspecified atom stereocenters. The van der Waals surface area contributed by atoms with Crippen molar-refractivity contribution in [3.05, 3.63) is 52.8 Å². The second kappa shape index (κ2) is 12.1. The molecule has 7 atom stereocenters. The van der Waals surface area contributed by atoms with Crippen molar-refractivity contribution in [2.75, 3.05) is 18.6 Å². The molecule has 2 aromatic rings. The van der Waals surface area contributed by atoms with Crippen molar-refractivity contribution in [1.29, 1.82) is 0 Å². The fourth-order valence-electron chi connectivity index (χ4n) is 4.08. The van der Waals surface area contributed by atoms with Crippen LogP contribution in [-0.4, -0.2) is 63.4 Å². The molecule has 0 saturated carbocycles. The summed E-state index contributed by atoms with van der Waals surface area (Å²) in [6.45, 7) is 4.78. The molecule has 1 saturated heterocycles. The standard InChI is InChI=1S/C24H33F2N4O8P/c1-13(2)35-21(32)14(3)11-39(34,38-16-8-6-5-7-9-16)37-15(4)18-19(31)24(28,12-25)22(36-18)30-10-17(26)20(27)29-23(30)33/h5-10,13-15,18-19,22,31H,11-12,28H2,1-4H3,(H2,27,29,33)/t14-,15-,18-,19+,22-,24?,39-/m1/s1. The number of carbonyl (C=O) groups excluding carboxylic acids is 1. The minimum Gasteiger partial charge on any atom is -0.463 e. The Morgan fingerprint density at radius 1 is 1.28 bits per heavy atom. The summed E-state index contributed by atoms with van der Waals surface area (Å²) in [7, 11) is -4.18. The zero-order valence-corrected chi connectivity index (χ0v) is 22.8. The van der Waals surface area contributed by atoms with Gasteiger partial charge in [-0.05, 0) is 32.9 Å². The summed E-state index contributed by atoms with van der Waals surface area (Å²) in [4.78, 5) is 28.1. The molecule has 216 valence electrons. The van der Waals surface area contributed by atoms with Gasteiger partial charge in [0.1, 0.15) is 30.2 Å². The molecule has 3 rings (SSSR count). The predicted octanol–water partition coefficient (Wildman–Crippen LogP) is 2.15. The molecule has 0 radical (unpaired) electrons. The fraction of sp³-hybridized carbons (Fsp3) is 0.542. The van der Waals surface area contributed by atoms with Crippen molar-refractivity contribution in [2.45, 2.75) is 63.9 Å². The average molecular weight is 575 g/mol. The summed E-state index contributed by atoms with van der Waals surface area (Å²) in [5.74, 6) is -3.15. The number of rotatable bonds is 11. The van der Waals surface area contributed by atoms with E-state index in [9.17, 15) is 28.0 Å². The molecular weight excluding hydrogens is 541 g/mol. The molecule has 1 aromatic carbocycles. The molecule has 1 aromatic heterocycles. The lowest BCUT2D eigenvalue weighted by Crippen LogP contribution is -2.58. The van der Waals surface area contributed by atoms with E-state index in [2.05, 4.69) is 4.98 Å². The van der Waals surface area contributed by atoms with Crippen LogP contribution >= 0.6 is 7.60 Å². The van der Waals surface area contributed by atoms with Gasteiger partial charge in [-0.15, -0.1) is 0 Å². The topological polar surface area (TPSA) is 178 Å². The SMILES string of the molecule is CC(C)OC(=O)[C@H](C)C[P@](=O)(Oc1ccccc1)O[C@H](C)[C@H]1O[C@@H](n2cc(F)c(N)nc2=O)C(N)(CF)[C@H]1O. The monoisotopic (exact) mass is 574 g/mol. The molecule has 5 N–H and O–H groups in total. The summed E-state index contributed by atoms with van der Waals surface area (Å²) in [6, 6.07) is 8.03. The molecule has 0 spiro atoms. The molecule has 1 fully saturated rings. The number of hydrogen-bond donors (Lipinski definition) is 3. The first-order valence-electron chi connectivity index (χ1n) is 12.2. The van der Waals surface area contributed by atoms with Crippen molar-refractivity contribution in [1.82, 2.24) is 9.55 Å². The Balaban J connectivity index is 1.91. The van der Waals surface area contributed by atoms with Gasteiger partial charge in [0.05, 0.1) is 30.5 Å². The number of nitrogens with zero attached hydrogens (tertiary/aromatic N) is 2. The highest BCUT2D eigenvalue weighted by Crippen LogP contribution is 2.52. The van der Waals surface area contributed by atoms with E-state index in [4.69, 9.17) is 30.0 Å². The summed E-state index contributed by atoms with van der Waals surface area (Å²) in [6.07, 6.45) is -6.48. The van der Waals surface area contributed by atoms with E-state index in [0.29, 0.717) is 10.8 Å². The minimum atomic E-state index is -4.18. The van der Waals surface area contributed by atoms with Crippen LogP contribution in [0.15, 0.2) is 41.3 Å². The van der Waals surface area contributed by atoms with Crippen LogP contribution < -0.4 is 21.7 Å². The third kappa shape index (κ3) is 6.82. The van der Waals surface area contributed by atoms with Gasteiger partial charge in [0.15, 0.2) is 17.9 Å². The smallest absolute Gasteiger partial charge is 0.380 e. The molecule has 0 amide bonds. The fourth-order valence-corrected chi connectivity index (χ4v) is 6.17. The molecule has 39 heavy (non-hydrogen) atoms. The lowest BCUT2D eigenvalue weighted by molar-refractivity contribution is -0.151.